The predicted octanol–water partition coefficient (Wildman–Crippen LogP) is 4.54. The van der Waals surface area contributed by atoms with Gasteiger partial charge in [0.1, 0.15) is 0 Å². The summed E-state index contributed by atoms with van der Waals surface area (Å²) in [6, 6.07) is 17.8. The summed E-state index contributed by atoms with van der Waals surface area (Å²) < 4.78 is 0. The Balaban J connectivity index is 2.46. The second-order valence-corrected chi connectivity index (χ2v) is 6.17. The maximum atomic E-state index is 3.52. The van der Waals surface area contributed by atoms with Crippen molar-refractivity contribution in [3.05, 3.63) is 70.8 Å². The molecule has 20 heavy (non-hydrogen) atoms. The Morgan fingerprint density at radius 1 is 0.950 bits per heavy atom. The standard InChI is InChI=1S/C19H25N/c1-14-11-12-17(15(2)13-14)18(20-5)19(3,4)16-9-7-6-8-10-16/h6-13,18,20H,1-5H3. The Morgan fingerprint density at radius 3 is 2.15 bits per heavy atom. The van der Waals surface area contributed by atoms with Crippen molar-refractivity contribution in [1.82, 2.24) is 5.32 Å². The smallest absolute Gasteiger partial charge is 0.0413 e. The Morgan fingerprint density at radius 2 is 1.60 bits per heavy atom. The largest absolute Gasteiger partial charge is 0.312 e. The number of likely N-dealkylation sites (N-methyl/N-ethyl adjacent to an activating group) is 1. The highest BCUT2D eigenvalue weighted by Crippen LogP contribution is 2.37. The van der Waals surface area contributed by atoms with Gasteiger partial charge in [0.25, 0.3) is 0 Å². The fourth-order valence-electron chi connectivity index (χ4n) is 3.09. The third-order valence-corrected chi connectivity index (χ3v) is 4.26. The van der Waals surface area contributed by atoms with E-state index in [0.717, 1.165) is 0 Å². The van der Waals surface area contributed by atoms with Gasteiger partial charge < -0.3 is 5.32 Å². The number of hydrogen-bond donors (Lipinski definition) is 1. The molecule has 0 heterocycles. The summed E-state index contributed by atoms with van der Waals surface area (Å²) in [6.07, 6.45) is 0. The summed E-state index contributed by atoms with van der Waals surface area (Å²) in [5.74, 6) is 0. The van der Waals surface area contributed by atoms with Crippen LogP contribution < -0.4 is 5.32 Å². The van der Waals surface area contributed by atoms with Crippen LogP contribution in [0.4, 0.5) is 0 Å². The van der Waals surface area contributed by atoms with Crippen molar-refractivity contribution in [2.24, 2.45) is 0 Å². The number of hydrogen-bond acceptors (Lipinski definition) is 1. The second kappa shape index (κ2) is 5.80. The Hall–Kier alpha value is -1.60. The minimum absolute atomic E-state index is 0.0377. The number of nitrogens with one attached hydrogen (secondary N) is 1. The Labute approximate surface area is 123 Å². The summed E-state index contributed by atoms with van der Waals surface area (Å²) >= 11 is 0. The van der Waals surface area contributed by atoms with Crippen molar-refractivity contribution >= 4 is 0 Å². The quantitative estimate of drug-likeness (QED) is 0.857. The summed E-state index contributed by atoms with van der Waals surface area (Å²) in [5, 5.41) is 3.52. The van der Waals surface area contributed by atoms with Gasteiger partial charge in [-0.15, -0.1) is 0 Å². The van der Waals surface area contributed by atoms with Crippen LogP contribution in [0.2, 0.25) is 0 Å². The molecule has 2 rings (SSSR count). The van der Waals surface area contributed by atoms with Gasteiger partial charge in [0.2, 0.25) is 0 Å². The highest BCUT2D eigenvalue weighted by atomic mass is 14.9. The highest BCUT2D eigenvalue weighted by Gasteiger charge is 2.32. The summed E-state index contributed by atoms with van der Waals surface area (Å²) in [5.41, 5.74) is 5.45. The van der Waals surface area contributed by atoms with Gasteiger partial charge in [-0.25, -0.2) is 0 Å². The molecule has 0 saturated heterocycles. The van der Waals surface area contributed by atoms with Crippen molar-refractivity contribution in [3.63, 3.8) is 0 Å². The van der Waals surface area contributed by atoms with Crippen LogP contribution in [-0.2, 0) is 5.41 Å². The van der Waals surface area contributed by atoms with Crippen LogP contribution in [0.1, 0.15) is 42.1 Å². The lowest BCUT2D eigenvalue weighted by atomic mass is 9.74. The first kappa shape index (κ1) is 14.8. The third-order valence-electron chi connectivity index (χ3n) is 4.26. The van der Waals surface area contributed by atoms with Gasteiger partial charge >= 0.3 is 0 Å². The van der Waals surface area contributed by atoms with Crippen LogP contribution in [0.5, 0.6) is 0 Å². The molecule has 0 spiro atoms. The molecule has 0 bridgehead atoms. The predicted molar refractivity (Wildman–Crippen MR) is 87.2 cm³/mol. The zero-order valence-corrected chi connectivity index (χ0v) is 13.2. The van der Waals surface area contributed by atoms with E-state index >= 15 is 0 Å². The lowest BCUT2D eigenvalue weighted by Crippen LogP contribution is -2.36. The topological polar surface area (TPSA) is 12.0 Å². The number of benzene rings is 2. The molecule has 106 valence electrons. The van der Waals surface area contributed by atoms with Crippen molar-refractivity contribution in [1.29, 1.82) is 0 Å². The Kier molecular flexibility index (Phi) is 4.29. The van der Waals surface area contributed by atoms with Crippen molar-refractivity contribution < 1.29 is 0 Å². The third kappa shape index (κ3) is 2.78. The van der Waals surface area contributed by atoms with Crippen LogP contribution >= 0.6 is 0 Å². The molecule has 0 saturated carbocycles. The SMILES string of the molecule is CNC(c1ccc(C)cc1C)C(C)(C)c1ccccc1. The molecule has 0 aromatic heterocycles. The normalized spacial score (nSPS) is 13.2. The van der Waals surface area contributed by atoms with Gasteiger partial charge in [-0.3, -0.25) is 0 Å². The van der Waals surface area contributed by atoms with E-state index in [9.17, 15) is 0 Å². The minimum atomic E-state index is 0.0377. The van der Waals surface area contributed by atoms with Gasteiger partial charge in [0.05, 0.1) is 0 Å². The molecule has 1 unspecified atom stereocenters. The van der Waals surface area contributed by atoms with Gasteiger partial charge in [0.15, 0.2) is 0 Å². The molecule has 1 atom stereocenters. The zero-order valence-electron chi connectivity index (χ0n) is 13.2. The average molecular weight is 267 g/mol. The Bertz CT molecular complexity index is 570. The van der Waals surface area contributed by atoms with Crippen LogP contribution in [-0.4, -0.2) is 7.05 Å². The van der Waals surface area contributed by atoms with Crippen molar-refractivity contribution in [2.45, 2.75) is 39.2 Å². The molecule has 1 heteroatoms. The molecule has 1 nitrogen and oxygen atoms in total. The molecule has 0 aliphatic carbocycles. The maximum absolute atomic E-state index is 3.52. The average Bonchev–Trinajstić information content (AvgIpc) is 2.43. The van der Waals surface area contributed by atoms with Gasteiger partial charge in [-0.05, 0) is 37.6 Å². The monoisotopic (exact) mass is 267 g/mol. The maximum Gasteiger partial charge on any atom is 0.0413 e. The van der Waals surface area contributed by atoms with E-state index in [4.69, 9.17) is 0 Å². The first-order valence-corrected chi connectivity index (χ1v) is 7.26. The van der Waals surface area contributed by atoms with Crippen molar-refractivity contribution in [3.8, 4) is 0 Å². The van der Waals surface area contributed by atoms with E-state index in [1.165, 1.54) is 22.3 Å². The molecule has 0 radical (unpaired) electrons. The summed E-state index contributed by atoms with van der Waals surface area (Å²) in [7, 11) is 2.05. The lowest BCUT2D eigenvalue weighted by Gasteiger charge is -2.36. The molecule has 0 fully saturated rings. The molecule has 1 N–H and O–H groups in total. The van der Waals surface area contributed by atoms with Crippen LogP contribution in [0.3, 0.4) is 0 Å². The van der Waals surface area contributed by atoms with E-state index in [0.29, 0.717) is 6.04 Å². The minimum Gasteiger partial charge on any atom is -0.312 e. The van der Waals surface area contributed by atoms with Crippen LogP contribution in [0, 0.1) is 13.8 Å². The molecule has 2 aromatic carbocycles. The molecular formula is C19H25N. The van der Waals surface area contributed by atoms with Crippen molar-refractivity contribution in [2.75, 3.05) is 7.05 Å². The van der Waals surface area contributed by atoms with Gasteiger partial charge in [-0.1, -0.05) is 67.9 Å². The first-order valence-electron chi connectivity index (χ1n) is 7.26. The summed E-state index contributed by atoms with van der Waals surface area (Å²) in [4.78, 5) is 0. The zero-order chi connectivity index (χ0) is 14.8. The molecule has 0 amide bonds. The number of rotatable bonds is 4. The van der Waals surface area contributed by atoms with E-state index in [1.807, 2.05) is 0 Å². The van der Waals surface area contributed by atoms with E-state index < -0.39 is 0 Å². The molecule has 0 aliphatic heterocycles. The summed E-state index contributed by atoms with van der Waals surface area (Å²) in [6.45, 7) is 8.97. The molecule has 0 aliphatic rings. The van der Waals surface area contributed by atoms with E-state index in [2.05, 4.69) is 88.6 Å². The fraction of sp³-hybridized carbons (Fsp3) is 0.368. The van der Waals surface area contributed by atoms with E-state index in [1.54, 1.807) is 0 Å². The van der Waals surface area contributed by atoms with Crippen LogP contribution in [0.15, 0.2) is 48.5 Å². The lowest BCUT2D eigenvalue weighted by molar-refractivity contribution is 0.367. The fourth-order valence-corrected chi connectivity index (χ4v) is 3.09. The highest BCUT2D eigenvalue weighted by molar-refractivity contribution is 5.38. The first-order chi connectivity index (χ1) is 9.46. The molecular weight excluding hydrogens is 242 g/mol. The van der Waals surface area contributed by atoms with E-state index in [-0.39, 0.29) is 5.41 Å². The molecule has 2 aromatic rings. The van der Waals surface area contributed by atoms with Crippen LogP contribution in [0.25, 0.3) is 0 Å². The second-order valence-electron chi connectivity index (χ2n) is 6.17. The number of aryl methyl sites for hydroxylation is 2. The van der Waals surface area contributed by atoms with Gasteiger partial charge in [0, 0.05) is 11.5 Å². The van der Waals surface area contributed by atoms with Gasteiger partial charge in [-0.2, -0.15) is 0 Å².